The number of hydrogen-bond donors (Lipinski definition) is 1. The van der Waals surface area contributed by atoms with Gasteiger partial charge in [-0.2, -0.15) is 0 Å². The van der Waals surface area contributed by atoms with Gasteiger partial charge in [0.05, 0.1) is 17.0 Å². The van der Waals surface area contributed by atoms with Gasteiger partial charge in [-0.25, -0.2) is 0 Å². The number of nitrogens with zero attached hydrogens (tertiary/aromatic N) is 1. The second-order valence-electron chi connectivity index (χ2n) is 5.00. The van der Waals surface area contributed by atoms with Crippen LogP contribution in [0.2, 0.25) is 0 Å². The van der Waals surface area contributed by atoms with E-state index in [1.165, 1.54) is 0 Å². The molecule has 2 atom stereocenters. The fraction of sp³-hybridized carbons (Fsp3) is 0.200. The first-order valence-electron chi connectivity index (χ1n) is 6.49. The highest BCUT2D eigenvalue weighted by Crippen LogP contribution is 2.43. The van der Waals surface area contributed by atoms with Crippen molar-refractivity contribution in [2.45, 2.75) is 17.0 Å². The van der Waals surface area contributed by atoms with Crippen LogP contribution in [-0.4, -0.2) is 21.2 Å². The zero-order chi connectivity index (χ0) is 13.7. The zero-order valence-corrected chi connectivity index (χ0v) is 11.4. The van der Waals surface area contributed by atoms with Crippen molar-refractivity contribution in [2.75, 3.05) is 0 Å². The topological polar surface area (TPSA) is 53.2 Å². The summed E-state index contributed by atoms with van der Waals surface area (Å²) >= 11 is 1.66. The molecule has 20 heavy (non-hydrogen) atoms. The number of pyridine rings is 1. The average molecular weight is 284 g/mol. The smallest absolute Gasteiger partial charge is 0.253 e. The summed E-state index contributed by atoms with van der Waals surface area (Å²) in [7, 11) is 0. The van der Waals surface area contributed by atoms with E-state index in [9.17, 15) is 9.59 Å². The molecule has 4 nitrogen and oxygen atoms in total. The van der Waals surface area contributed by atoms with Gasteiger partial charge in [0.25, 0.3) is 5.56 Å². The standard InChI is InChI=1S/C15H12N2O2S/c18-13-8-14-17(13)6-5-12(20-14)10-7-9-3-1-2-4-11(9)16-15(10)19/h1-7,12,14H,8H2,(H,16,19)/t12?,14-/m1/s1. The highest BCUT2D eigenvalue weighted by molar-refractivity contribution is 8.00. The molecule has 0 saturated carbocycles. The summed E-state index contributed by atoms with van der Waals surface area (Å²) in [6.45, 7) is 0. The maximum absolute atomic E-state index is 12.2. The Morgan fingerprint density at radius 3 is 2.90 bits per heavy atom. The van der Waals surface area contributed by atoms with E-state index in [2.05, 4.69) is 4.98 Å². The number of para-hydroxylation sites is 1. The van der Waals surface area contributed by atoms with E-state index in [1.807, 2.05) is 42.6 Å². The van der Waals surface area contributed by atoms with Crippen LogP contribution in [0.1, 0.15) is 17.2 Å². The predicted molar refractivity (Wildman–Crippen MR) is 79.3 cm³/mol. The molecule has 1 fully saturated rings. The van der Waals surface area contributed by atoms with Gasteiger partial charge in [-0.3, -0.25) is 9.59 Å². The Balaban J connectivity index is 1.77. The summed E-state index contributed by atoms with van der Waals surface area (Å²) in [6.07, 6.45) is 4.31. The quantitative estimate of drug-likeness (QED) is 0.818. The molecule has 0 bridgehead atoms. The minimum atomic E-state index is -0.0510. The molecular weight excluding hydrogens is 272 g/mol. The monoisotopic (exact) mass is 284 g/mol. The molecule has 3 heterocycles. The summed E-state index contributed by atoms with van der Waals surface area (Å²) < 4.78 is 0. The van der Waals surface area contributed by atoms with Crippen LogP contribution in [-0.2, 0) is 4.79 Å². The SMILES string of the molecule is O=C1C[C@H]2SC(c3cc4ccccc4[nH]c3=O)C=CN12. The molecule has 0 aliphatic carbocycles. The number of hydrogen-bond acceptors (Lipinski definition) is 3. The van der Waals surface area contributed by atoms with E-state index in [4.69, 9.17) is 0 Å². The molecule has 2 aliphatic heterocycles. The first-order chi connectivity index (χ1) is 9.72. The zero-order valence-electron chi connectivity index (χ0n) is 10.6. The molecule has 1 unspecified atom stereocenters. The van der Waals surface area contributed by atoms with E-state index in [0.29, 0.717) is 6.42 Å². The molecule has 100 valence electrons. The van der Waals surface area contributed by atoms with Gasteiger partial charge in [0.1, 0.15) is 0 Å². The van der Waals surface area contributed by atoms with Crippen molar-refractivity contribution in [2.24, 2.45) is 0 Å². The number of aromatic amines is 1. The molecule has 0 radical (unpaired) electrons. The molecule has 2 aliphatic rings. The Morgan fingerprint density at radius 1 is 1.25 bits per heavy atom. The van der Waals surface area contributed by atoms with Crippen LogP contribution in [0, 0.1) is 0 Å². The number of H-pyrrole nitrogens is 1. The van der Waals surface area contributed by atoms with Gasteiger partial charge in [0.2, 0.25) is 5.91 Å². The number of rotatable bonds is 1. The van der Waals surface area contributed by atoms with E-state index >= 15 is 0 Å². The largest absolute Gasteiger partial charge is 0.322 e. The first kappa shape index (κ1) is 11.8. The predicted octanol–water partition coefficient (Wildman–Crippen LogP) is 2.39. The van der Waals surface area contributed by atoms with Crippen molar-refractivity contribution in [3.05, 3.63) is 58.5 Å². The lowest BCUT2D eigenvalue weighted by atomic mass is 10.1. The first-order valence-corrected chi connectivity index (χ1v) is 7.43. The van der Waals surface area contributed by atoms with Gasteiger partial charge in [0.15, 0.2) is 0 Å². The molecule has 1 saturated heterocycles. The number of amides is 1. The van der Waals surface area contributed by atoms with E-state index in [0.717, 1.165) is 16.5 Å². The minimum Gasteiger partial charge on any atom is -0.322 e. The van der Waals surface area contributed by atoms with Gasteiger partial charge < -0.3 is 9.88 Å². The maximum Gasteiger partial charge on any atom is 0.253 e. The van der Waals surface area contributed by atoms with Crippen molar-refractivity contribution >= 4 is 28.6 Å². The lowest BCUT2D eigenvalue weighted by Crippen LogP contribution is -2.48. The van der Waals surface area contributed by atoms with Crippen molar-refractivity contribution in [3.63, 3.8) is 0 Å². The van der Waals surface area contributed by atoms with Gasteiger partial charge in [-0.15, -0.1) is 11.8 Å². The van der Waals surface area contributed by atoms with Gasteiger partial charge in [-0.05, 0) is 17.5 Å². The molecule has 2 aromatic rings. The summed E-state index contributed by atoms with van der Waals surface area (Å²) in [4.78, 5) is 28.2. The molecule has 1 aromatic heterocycles. The van der Waals surface area contributed by atoms with E-state index in [1.54, 1.807) is 16.7 Å². The Bertz CT molecular complexity index is 796. The fourth-order valence-electron chi connectivity index (χ4n) is 2.63. The second-order valence-corrected chi connectivity index (χ2v) is 6.32. The van der Waals surface area contributed by atoms with Crippen LogP contribution in [0.4, 0.5) is 0 Å². The number of fused-ring (bicyclic) bond motifs is 2. The Labute approximate surface area is 119 Å². The summed E-state index contributed by atoms with van der Waals surface area (Å²) in [5.74, 6) is 0.157. The normalized spacial score (nSPS) is 24.6. The number of carbonyl (C=O) groups excluding carboxylic acids is 1. The molecule has 1 aromatic carbocycles. The summed E-state index contributed by atoms with van der Waals surface area (Å²) in [6, 6.07) is 9.71. The Hall–Kier alpha value is -2.01. The van der Waals surface area contributed by atoms with Crippen LogP contribution in [0.3, 0.4) is 0 Å². The third-order valence-corrected chi connectivity index (χ3v) is 5.17. The third kappa shape index (κ3) is 1.70. The maximum atomic E-state index is 12.2. The van der Waals surface area contributed by atoms with Crippen molar-refractivity contribution < 1.29 is 4.79 Å². The fourth-order valence-corrected chi connectivity index (χ4v) is 4.01. The Kier molecular flexibility index (Phi) is 2.50. The van der Waals surface area contributed by atoms with Crippen molar-refractivity contribution in [1.82, 2.24) is 9.88 Å². The van der Waals surface area contributed by atoms with Gasteiger partial charge in [0, 0.05) is 17.3 Å². The summed E-state index contributed by atoms with van der Waals surface area (Å²) in [5.41, 5.74) is 1.56. The minimum absolute atomic E-state index is 0.0118. The summed E-state index contributed by atoms with van der Waals surface area (Å²) in [5, 5.41) is 1.23. The number of benzene rings is 1. The van der Waals surface area contributed by atoms with Crippen molar-refractivity contribution in [1.29, 1.82) is 0 Å². The number of aromatic nitrogens is 1. The van der Waals surface area contributed by atoms with Crippen LogP contribution in [0.5, 0.6) is 0 Å². The second kappa shape index (κ2) is 4.24. The molecule has 5 heteroatoms. The average Bonchev–Trinajstić information content (AvgIpc) is 2.45. The molecule has 1 amide bonds. The van der Waals surface area contributed by atoms with Crippen LogP contribution in [0.25, 0.3) is 10.9 Å². The molecule has 1 N–H and O–H groups in total. The molecule has 4 rings (SSSR count). The lowest BCUT2D eigenvalue weighted by Gasteiger charge is -2.41. The van der Waals surface area contributed by atoms with Gasteiger partial charge >= 0.3 is 0 Å². The highest BCUT2D eigenvalue weighted by Gasteiger charge is 2.39. The van der Waals surface area contributed by atoms with E-state index in [-0.39, 0.29) is 22.1 Å². The number of nitrogens with one attached hydrogen (secondary N) is 1. The number of thioether (sulfide) groups is 1. The Morgan fingerprint density at radius 2 is 2.10 bits per heavy atom. The van der Waals surface area contributed by atoms with Crippen LogP contribution in [0.15, 0.2) is 47.4 Å². The van der Waals surface area contributed by atoms with Crippen LogP contribution >= 0.6 is 11.8 Å². The third-order valence-electron chi connectivity index (χ3n) is 3.76. The molecular formula is C15H12N2O2S. The molecule has 0 spiro atoms. The van der Waals surface area contributed by atoms with Crippen molar-refractivity contribution in [3.8, 4) is 0 Å². The van der Waals surface area contributed by atoms with Gasteiger partial charge in [-0.1, -0.05) is 24.3 Å². The van der Waals surface area contributed by atoms with E-state index < -0.39 is 0 Å². The number of β-lactam (4-membered cyclic amide) rings is 1. The lowest BCUT2D eigenvalue weighted by molar-refractivity contribution is -0.137. The van der Waals surface area contributed by atoms with Crippen LogP contribution < -0.4 is 5.56 Å². The highest BCUT2D eigenvalue weighted by atomic mass is 32.2. The number of carbonyl (C=O) groups is 1.